The first-order chi connectivity index (χ1) is 12.2. The van der Waals surface area contributed by atoms with Crippen molar-refractivity contribution in [2.24, 2.45) is 0 Å². The minimum Gasteiger partial charge on any atom is -0.311 e. The largest absolute Gasteiger partial charge is 0.311 e. The van der Waals surface area contributed by atoms with Crippen molar-refractivity contribution >= 4 is 23.2 Å². The summed E-state index contributed by atoms with van der Waals surface area (Å²) in [5.74, 6) is 0. The predicted molar refractivity (Wildman–Crippen MR) is 103 cm³/mol. The molecular formula is C19H20Cl2N4. The Balaban J connectivity index is 1.92. The molecule has 0 amide bonds. The van der Waals surface area contributed by atoms with Crippen LogP contribution < -0.4 is 5.32 Å². The first kappa shape index (κ1) is 17.9. The monoisotopic (exact) mass is 374 g/mol. The van der Waals surface area contributed by atoms with Crippen LogP contribution in [-0.2, 0) is 13.1 Å². The van der Waals surface area contributed by atoms with E-state index < -0.39 is 0 Å². The Kier molecular flexibility index (Phi) is 6.08. The molecule has 6 heteroatoms. The van der Waals surface area contributed by atoms with E-state index in [0.717, 1.165) is 35.5 Å². The van der Waals surface area contributed by atoms with E-state index in [1.54, 1.807) is 4.80 Å². The maximum Gasteiger partial charge on any atom is 0.117 e. The van der Waals surface area contributed by atoms with Gasteiger partial charge >= 0.3 is 0 Å². The van der Waals surface area contributed by atoms with Gasteiger partial charge in [0, 0.05) is 27.7 Å². The van der Waals surface area contributed by atoms with Gasteiger partial charge in [0.25, 0.3) is 0 Å². The molecule has 0 radical (unpaired) electrons. The van der Waals surface area contributed by atoms with E-state index in [4.69, 9.17) is 23.2 Å². The van der Waals surface area contributed by atoms with E-state index in [1.165, 1.54) is 0 Å². The maximum atomic E-state index is 6.28. The molecule has 1 aromatic heterocycles. The Morgan fingerprint density at radius 2 is 1.68 bits per heavy atom. The van der Waals surface area contributed by atoms with Crippen molar-refractivity contribution in [3.63, 3.8) is 0 Å². The molecule has 4 nitrogen and oxygen atoms in total. The molecule has 0 aliphatic rings. The summed E-state index contributed by atoms with van der Waals surface area (Å²) < 4.78 is 0. The first-order valence-electron chi connectivity index (χ1n) is 8.32. The van der Waals surface area contributed by atoms with Crippen molar-refractivity contribution in [2.75, 3.05) is 6.54 Å². The lowest BCUT2D eigenvalue weighted by molar-refractivity contribution is 0.576. The van der Waals surface area contributed by atoms with Crippen LogP contribution in [0.3, 0.4) is 0 Å². The van der Waals surface area contributed by atoms with Crippen LogP contribution in [-0.4, -0.2) is 21.5 Å². The number of benzene rings is 2. The Labute approximate surface area is 157 Å². The number of nitrogens with zero attached hydrogens (tertiary/aromatic N) is 3. The minimum atomic E-state index is 0.437. The third kappa shape index (κ3) is 4.40. The summed E-state index contributed by atoms with van der Waals surface area (Å²) in [5, 5.41) is 14.0. The Morgan fingerprint density at radius 1 is 0.960 bits per heavy atom. The number of halogens is 2. The summed E-state index contributed by atoms with van der Waals surface area (Å²) in [5.41, 5.74) is 3.68. The van der Waals surface area contributed by atoms with Gasteiger partial charge in [0.05, 0.1) is 6.54 Å². The lowest BCUT2D eigenvalue weighted by atomic mass is 10.1. The number of hydrogen-bond acceptors (Lipinski definition) is 3. The number of nitrogens with one attached hydrogen (secondary N) is 1. The molecule has 0 aliphatic carbocycles. The van der Waals surface area contributed by atoms with E-state index in [2.05, 4.69) is 22.4 Å². The average Bonchev–Trinajstić information content (AvgIpc) is 3.02. The van der Waals surface area contributed by atoms with Crippen LogP contribution in [0.25, 0.3) is 11.3 Å². The summed E-state index contributed by atoms with van der Waals surface area (Å²) in [6.07, 6.45) is 1.07. The van der Waals surface area contributed by atoms with Gasteiger partial charge in [-0.3, -0.25) is 0 Å². The highest BCUT2D eigenvalue weighted by Crippen LogP contribution is 2.26. The second-order valence-electron chi connectivity index (χ2n) is 5.77. The van der Waals surface area contributed by atoms with Gasteiger partial charge in [-0.05, 0) is 25.1 Å². The average molecular weight is 375 g/mol. The van der Waals surface area contributed by atoms with Gasteiger partial charge in [0.1, 0.15) is 11.4 Å². The van der Waals surface area contributed by atoms with Crippen molar-refractivity contribution in [1.82, 2.24) is 20.3 Å². The van der Waals surface area contributed by atoms with E-state index in [9.17, 15) is 0 Å². The van der Waals surface area contributed by atoms with Crippen molar-refractivity contribution < 1.29 is 0 Å². The molecule has 130 valence electrons. The smallest absolute Gasteiger partial charge is 0.117 e. The predicted octanol–water partition coefficient (Wildman–Crippen LogP) is 4.80. The van der Waals surface area contributed by atoms with Crippen molar-refractivity contribution in [3.8, 4) is 11.3 Å². The molecule has 1 N–H and O–H groups in total. The molecular weight excluding hydrogens is 355 g/mol. The summed E-state index contributed by atoms with van der Waals surface area (Å²) >= 11 is 12.6. The van der Waals surface area contributed by atoms with Gasteiger partial charge in [0.15, 0.2) is 0 Å². The second kappa shape index (κ2) is 8.48. The molecule has 3 rings (SSSR count). The molecule has 0 saturated carbocycles. The van der Waals surface area contributed by atoms with E-state index >= 15 is 0 Å². The molecule has 0 aliphatic heterocycles. The molecule has 0 spiro atoms. The topological polar surface area (TPSA) is 42.7 Å². The standard InChI is InChI=1S/C19H20Cl2N4/c1-2-11-22-12-18-19(14-7-4-3-5-8-14)24-25(23-18)13-15-16(20)9-6-10-17(15)21/h3-10,22H,2,11-13H2,1H3. The summed E-state index contributed by atoms with van der Waals surface area (Å²) in [6.45, 7) is 4.19. The lowest BCUT2D eigenvalue weighted by Crippen LogP contribution is -2.15. The minimum absolute atomic E-state index is 0.437. The molecule has 0 fully saturated rings. The molecule has 0 bridgehead atoms. The van der Waals surface area contributed by atoms with Crippen molar-refractivity contribution in [1.29, 1.82) is 0 Å². The number of aromatic nitrogens is 3. The highest BCUT2D eigenvalue weighted by Gasteiger charge is 2.15. The fraction of sp³-hybridized carbons (Fsp3) is 0.263. The van der Waals surface area contributed by atoms with Crippen LogP contribution in [0.15, 0.2) is 48.5 Å². The van der Waals surface area contributed by atoms with Gasteiger partial charge in [-0.25, -0.2) is 0 Å². The highest BCUT2D eigenvalue weighted by atomic mass is 35.5. The Hall–Kier alpha value is -1.88. The third-order valence-electron chi connectivity index (χ3n) is 3.85. The van der Waals surface area contributed by atoms with Crippen LogP contribution in [0, 0.1) is 0 Å². The van der Waals surface area contributed by atoms with Gasteiger partial charge in [-0.2, -0.15) is 15.0 Å². The molecule has 0 saturated heterocycles. The van der Waals surface area contributed by atoms with Gasteiger partial charge in [-0.1, -0.05) is 66.5 Å². The van der Waals surface area contributed by atoms with Gasteiger partial charge in [0.2, 0.25) is 0 Å². The normalized spacial score (nSPS) is 11.0. The van der Waals surface area contributed by atoms with Crippen LogP contribution >= 0.6 is 23.2 Å². The molecule has 25 heavy (non-hydrogen) atoms. The van der Waals surface area contributed by atoms with E-state index in [-0.39, 0.29) is 0 Å². The molecule has 1 heterocycles. The molecule has 2 aromatic carbocycles. The molecule has 0 atom stereocenters. The Bertz CT molecular complexity index is 810. The van der Waals surface area contributed by atoms with Crippen LogP contribution in [0.1, 0.15) is 24.6 Å². The highest BCUT2D eigenvalue weighted by molar-refractivity contribution is 6.35. The Morgan fingerprint density at radius 3 is 2.36 bits per heavy atom. The summed E-state index contributed by atoms with van der Waals surface area (Å²) in [4.78, 5) is 1.67. The van der Waals surface area contributed by atoms with E-state index in [1.807, 2.05) is 48.5 Å². The number of rotatable bonds is 7. The van der Waals surface area contributed by atoms with Crippen LogP contribution in [0.2, 0.25) is 10.0 Å². The first-order valence-corrected chi connectivity index (χ1v) is 9.07. The maximum absolute atomic E-state index is 6.28. The third-order valence-corrected chi connectivity index (χ3v) is 4.56. The zero-order valence-corrected chi connectivity index (χ0v) is 15.6. The summed E-state index contributed by atoms with van der Waals surface area (Å²) in [7, 11) is 0. The zero-order chi connectivity index (χ0) is 17.6. The molecule has 3 aromatic rings. The number of hydrogen-bond donors (Lipinski definition) is 1. The SMILES string of the molecule is CCCNCc1nn(Cc2c(Cl)cccc2Cl)nc1-c1ccccc1. The van der Waals surface area contributed by atoms with Crippen LogP contribution in [0.5, 0.6) is 0 Å². The fourth-order valence-electron chi connectivity index (χ4n) is 2.60. The van der Waals surface area contributed by atoms with E-state index in [0.29, 0.717) is 23.1 Å². The zero-order valence-electron chi connectivity index (χ0n) is 14.0. The van der Waals surface area contributed by atoms with Crippen molar-refractivity contribution in [3.05, 3.63) is 69.8 Å². The van der Waals surface area contributed by atoms with Crippen LogP contribution in [0.4, 0.5) is 0 Å². The van der Waals surface area contributed by atoms with Gasteiger partial charge < -0.3 is 5.32 Å². The van der Waals surface area contributed by atoms with Gasteiger partial charge in [-0.15, -0.1) is 0 Å². The fourth-order valence-corrected chi connectivity index (χ4v) is 3.12. The van der Waals surface area contributed by atoms with Crippen molar-refractivity contribution in [2.45, 2.75) is 26.4 Å². The second-order valence-corrected chi connectivity index (χ2v) is 6.58. The summed E-state index contributed by atoms with van der Waals surface area (Å²) in [6, 6.07) is 15.6. The lowest BCUT2D eigenvalue weighted by Gasteiger charge is -2.05. The quantitative estimate of drug-likeness (QED) is 0.604. The molecule has 0 unspecified atom stereocenters.